The van der Waals surface area contributed by atoms with E-state index >= 15 is 0 Å². The summed E-state index contributed by atoms with van der Waals surface area (Å²) in [6.07, 6.45) is 1.90. The number of hydrogen-bond acceptors (Lipinski definition) is 1. The lowest BCUT2D eigenvalue weighted by Crippen LogP contribution is -2.36. The van der Waals surface area contributed by atoms with Gasteiger partial charge in [0.15, 0.2) is 0 Å². The summed E-state index contributed by atoms with van der Waals surface area (Å²) in [4.78, 5) is 12.0. The fourth-order valence-corrected chi connectivity index (χ4v) is 0.595. The molecule has 1 radical (unpaired) electrons. The van der Waals surface area contributed by atoms with E-state index in [4.69, 9.17) is 5.73 Å². The van der Waals surface area contributed by atoms with Gasteiger partial charge in [0.2, 0.25) is 0 Å². The standard InChI is InChI=1S/C6H13N2O/c1-3-5-8(4-2)6(7)9/h3H,4-5H2,1-2H3,(H2,7,9). The normalized spacial score (nSPS) is 9.11. The predicted molar refractivity (Wildman–Crippen MR) is 36.8 cm³/mol. The molecule has 0 aliphatic rings. The molecule has 2 amide bonds. The number of nitrogens with zero attached hydrogens (tertiary/aromatic N) is 1. The van der Waals surface area contributed by atoms with E-state index in [0.29, 0.717) is 13.1 Å². The second-order valence-corrected chi connectivity index (χ2v) is 1.79. The quantitative estimate of drug-likeness (QED) is 0.596. The number of carbonyl (C=O) groups is 1. The van der Waals surface area contributed by atoms with Crippen molar-refractivity contribution >= 4 is 6.03 Å². The molecule has 0 aromatic rings. The van der Waals surface area contributed by atoms with Gasteiger partial charge >= 0.3 is 6.03 Å². The Morgan fingerprint density at radius 3 is 2.44 bits per heavy atom. The minimum absolute atomic E-state index is 0.351. The Kier molecular flexibility index (Phi) is 3.84. The maximum absolute atomic E-state index is 10.4. The number of nitrogens with two attached hydrogens (primary N) is 1. The Labute approximate surface area is 55.8 Å². The minimum Gasteiger partial charge on any atom is -0.351 e. The molecule has 0 bridgehead atoms. The molecule has 0 aliphatic carbocycles. The number of hydrogen-bond donors (Lipinski definition) is 1. The van der Waals surface area contributed by atoms with Crippen molar-refractivity contribution in [3.05, 3.63) is 6.42 Å². The average molecular weight is 129 g/mol. The molecule has 3 nitrogen and oxygen atoms in total. The van der Waals surface area contributed by atoms with Crippen molar-refractivity contribution in [2.45, 2.75) is 13.8 Å². The van der Waals surface area contributed by atoms with Crippen molar-refractivity contribution < 1.29 is 4.79 Å². The summed E-state index contributed by atoms with van der Waals surface area (Å²) < 4.78 is 0. The highest BCUT2D eigenvalue weighted by molar-refractivity contribution is 5.71. The molecule has 0 fully saturated rings. The number of carbonyl (C=O) groups excluding carboxylic acids is 1. The second-order valence-electron chi connectivity index (χ2n) is 1.79. The number of rotatable bonds is 3. The van der Waals surface area contributed by atoms with E-state index in [2.05, 4.69) is 0 Å². The van der Waals surface area contributed by atoms with Crippen LogP contribution in [0.15, 0.2) is 0 Å². The van der Waals surface area contributed by atoms with Crippen LogP contribution in [0, 0.1) is 6.42 Å². The van der Waals surface area contributed by atoms with Crippen molar-refractivity contribution in [1.29, 1.82) is 0 Å². The molecule has 3 heteroatoms. The molecular formula is C6H13N2O. The summed E-state index contributed by atoms with van der Waals surface area (Å²) in [6.45, 7) is 5.12. The average Bonchev–Trinajstić information content (AvgIpc) is 1.82. The van der Waals surface area contributed by atoms with Crippen LogP contribution < -0.4 is 5.73 Å². The fourth-order valence-electron chi connectivity index (χ4n) is 0.595. The highest BCUT2D eigenvalue weighted by atomic mass is 16.2. The lowest BCUT2D eigenvalue weighted by Gasteiger charge is -2.15. The van der Waals surface area contributed by atoms with Gasteiger partial charge < -0.3 is 10.6 Å². The van der Waals surface area contributed by atoms with Gasteiger partial charge in [0.05, 0.1) is 0 Å². The first-order chi connectivity index (χ1) is 4.22. The third-order valence-corrected chi connectivity index (χ3v) is 1.10. The number of primary amides is 1. The molecular weight excluding hydrogens is 116 g/mol. The Balaban J connectivity index is 3.54. The van der Waals surface area contributed by atoms with Crippen molar-refractivity contribution in [2.24, 2.45) is 5.73 Å². The van der Waals surface area contributed by atoms with Crippen LogP contribution in [-0.4, -0.2) is 24.0 Å². The number of amides is 2. The van der Waals surface area contributed by atoms with E-state index in [9.17, 15) is 4.79 Å². The molecule has 0 saturated carbocycles. The van der Waals surface area contributed by atoms with Crippen LogP contribution >= 0.6 is 0 Å². The molecule has 0 saturated heterocycles. The lowest BCUT2D eigenvalue weighted by molar-refractivity contribution is 0.214. The fraction of sp³-hybridized carbons (Fsp3) is 0.667. The van der Waals surface area contributed by atoms with E-state index in [1.165, 1.54) is 0 Å². The van der Waals surface area contributed by atoms with Crippen LogP contribution in [0.3, 0.4) is 0 Å². The van der Waals surface area contributed by atoms with Gasteiger partial charge in [-0.2, -0.15) is 0 Å². The Bertz CT molecular complexity index is 93.1. The topological polar surface area (TPSA) is 46.3 Å². The second kappa shape index (κ2) is 4.18. The summed E-state index contributed by atoms with van der Waals surface area (Å²) in [5.41, 5.74) is 5.00. The van der Waals surface area contributed by atoms with Crippen LogP contribution in [-0.2, 0) is 0 Å². The Morgan fingerprint density at radius 1 is 1.78 bits per heavy atom. The van der Waals surface area contributed by atoms with Gasteiger partial charge in [-0.25, -0.2) is 4.79 Å². The van der Waals surface area contributed by atoms with Gasteiger partial charge in [-0.1, -0.05) is 6.92 Å². The first-order valence-corrected chi connectivity index (χ1v) is 3.04. The molecule has 0 heterocycles. The van der Waals surface area contributed by atoms with Crippen molar-refractivity contribution in [2.75, 3.05) is 13.1 Å². The molecule has 53 valence electrons. The van der Waals surface area contributed by atoms with Crippen molar-refractivity contribution in [3.8, 4) is 0 Å². The minimum atomic E-state index is -0.351. The molecule has 0 atom stereocenters. The van der Waals surface area contributed by atoms with E-state index in [-0.39, 0.29) is 6.03 Å². The van der Waals surface area contributed by atoms with Gasteiger partial charge in [-0.3, -0.25) is 0 Å². The molecule has 2 N–H and O–H groups in total. The maximum atomic E-state index is 10.4. The largest absolute Gasteiger partial charge is 0.351 e. The van der Waals surface area contributed by atoms with E-state index < -0.39 is 0 Å². The third kappa shape index (κ3) is 2.95. The van der Waals surface area contributed by atoms with Crippen LogP contribution in [0.5, 0.6) is 0 Å². The van der Waals surface area contributed by atoms with Gasteiger partial charge in [0, 0.05) is 13.1 Å². The monoisotopic (exact) mass is 129 g/mol. The summed E-state index contributed by atoms with van der Waals surface area (Å²) in [5, 5.41) is 0. The van der Waals surface area contributed by atoms with Crippen LogP contribution in [0.25, 0.3) is 0 Å². The highest BCUT2D eigenvalue weighted by Gasteiger charge is 2.02. The zero-order chi connectivity index (χ0) is 7.28. The van der Waals surface area contributed by atoms with E-state index in [1.807, 2.05) is 20.3 Å². The van der Waals surface area contributed by atoms with Gasteiger partial charge in [0.1, 0.15) is 0 Å². The van der Waals surface area contributed by atoms with Crippen molar-refractivity contribution in [3.63, 3.8) is 0 Å². The SMILES string of the molecule is C[CH]CN(CC)C(N)=O. The molecule has 0 aromatic carbocycles. The number of urea groups is 1. The predicted octanol–water partition coefficient (Wildman–Crippen LogP) is 0.611. The van der Waals surface area contributed by atoms with Crippen LogP contribution in [0.2, 0.25) is 0 Å². The smallest absolute Gasteiger partial charge is 0.314 e. The summed E-state index contributed by atoms with van der Waals surface area (Å²) in [5.74, 6) is 0. The molecule has 0 rings (SSSR count). The zero-order valence-corrected chi connectivity index (χ0v) is 5.92. The van der Waals surface area contributed by atoms with E-state index in [0.717, 1.165) is 0 Å². The van der Waals surface area contributed by atoms with Gasteiger partial charge in [-0.15, -0.1) is 0 Å². The molecule has 0 spiro atoms. The molecule has 0 aliphatic heterocycles. The lowest BCUT2D eigenvalue weighted by atomic mass is 10.4. The van der Waals surface area contributed by atoms with Crippen LogP contribution in [0.1, 0.15) is 13.8 Å². The molecule has 9 heavy (non-hydrogen) atoms. The first kappa shape index (κ1) is 8.27. The summed E-state index contributed by atoms with van der Waals surface area (Å²) in [7, 11) is 0. The highest BCUT2D eigenvalue weighted by Crippen LogP contribution is 1.87. The molecule has 0 aromatic heterocycles. The Morgan fingerprint density at radius 2 is 2.33 bits per heavy atom. The van der Waals surface area contributed by atoms with Gasteiger partial charge in [-0.05, 0) is 13.3 Å². The Hall–Kier alpha value is -0.730. The maximum Gasteiger partial charge on any atom is 0.314 e. The van der Waals surface area contributed by atoms with E-state index in [1.54, 1.807) is 4.90 Å². The summed E-state index contributed by atoms with van der Waals surface area (Å²) in [6, 6.07) is -0.351. The first-order valence-electron chi connectivity index (χ1n) is 3.04. The van der Waals surface area contributed by atoms with Crippen LogP contribution in [0.4, 0.5) is 4.79 Å². The molecule has 0 unspecified atom stereocenters. The zero-order valence-electron chi connectivity index (χ0n) is 5.92. The van der Waals surface area contributed by atoms with Gasteiger partial charge in [0.25, 0.3) is 0 Å². The van der Waals surface area contributed by atoms with Crippen molar-refractivity contribution in [1.82, 2.24) is 4.90 Å². The summed E-state index contributed by atoms with van der Waals surface area (Å²) >= 11 is 0. The third-order valence-electron chi connectivity index (χ3n) is 1.10.